The minimum absolute atomic E-state index is 0. The van der Waals surface area contributed by atoms with Gasteiger partial charge < -0.3 is 10.2 Å². The summed E-state index contributed by atoms with van der Waals surface area (Å²) in [5, 5.41) is 3.22. The molecule has 1 amide bonds. The van der Waals surface area contributed by atoms with E-state index in [0.717, 1.165) is 44.8 Å². The normalized spacial score (nSPS) is 22.1. The van der Waals surface area contributed by atoms with Crippen molar-refractivity contribution in [2.45, 2.75) is 38.5 Å². The topological polar surface area (TPSA) is 32.3 Å². The van der Waals surface area contributed by atoms with Crippen LogP contribution in [0.2, 0.25) is 0 Å². The molecule has 2 saturated heterocycles. The van der Waals surface area contributed by atoms with Crippen LogP contribution in [0.25, 0.3) is 0 Å². The minimum Gasteiger partial charge on any atom is -0.338 e. The Balaban J connectivity index is 0.00000208. The van der Waals surface area contributed by atoms with Gasteiger partial charge in [-0.3, -0.25) is 4.79 Å². The third-order valence-electron chi connectivity index (χ3n) is 5.04. The molecular weight excluding hydrogens is 334 g/mol. The number of amides is 1. The fourth-order valence-electron chi connectivity index (χ4n) is 3.72. The van der Waals surface area contributed by atoms with Crippen LogP contribution in [0.3, 0.4) is 0 Å². The predicted octanol–water partition coefficient (Wildman–Crippen LogP) is 3.73. The van der Waals surface area contributed by atoms with Crippen LogP contribution in [-0.4, -0.2) is 37.0 Å². The summed E-state index contributed by atoms with van der Waals surface area (Å²) in [6.07, 6.45) is 3.60. The van der Waals surface area contributed by atoms with Crippen molar-refractivity contribution in [3.05, 3.63) is 34.9 Å². The van der Waals surface area contributed by atoms with Crippen LogP contribution in [0.15, 0.2) is 12.1 Å². The summed E-state index contributed by atoms with van der Waals surface area (Å²) < 4.78 is 28.9. The number of carbonyl (C=O) groups excluding carboxylic acids is 1. The smallest absolute Gasteiger partial charge is 0.256 e. The van der Waals surface area contributed by atoms with Gasteiger partial charge in [0.2, 0.25) is 0 Å². The number of carbonyl (C=O) groups is 1. The number of likely N-dealkylation sites (tertiary alicyclic amines) is 1. The lowest BCUT2D eigenvalue weighted by molar-refractivity contribution is 0.0677. The first-order valence-electron chi connectivity index (χ1n) is 8.55. The van der Waals surface area contributed by atoms with Crippen LogP contribution in [0.5, 0.6) is 0 Å². The van der Waals surface area contributed by atoms with E-state index < -0.39 is 11.6 Å². The Morgan fingerprint density at radius 3 is 2.54 bits per heavy atom. The molecule has 0 aromatic heterocycles. The molecule has 0 spiro atoms. The summed E-state index contributed by atoms with van der Waals surface area (Å²) in [4.78, 5) is 14.2. The third-order valence-corrected chi connectivity index (χ3v) is 5.04. The molecule has 2 fully saturated rings. The number of hydrogen-bond donors (Lipinski definition) is 1. The van der Waals surface area contributed by atoms with E-state index in [1.807, 2.05) is 0 Å². The monoisotopic (exact) mass is 358 g/mol. The van der Waals surface area contributed by atoms with Crippen molar-refractivity contribution in [3.63, 3.8) is 0 Å². The quantitative estimate of drug-likeness (QED) is 0.873. The predicted molar refractivity (Wildman–Crippen MR) is 92.8 cm³/mol. The molecule has 134 valence electrons. The maximum Gasteiger partial charge on any atom is 0.256 e. The molecule has 1 N–H and O–H groups in total. The van der Waals surface area contributed by atoms with Gasteiger partial charge in [0.1, 0.15) is 11.6 Å². The van der Waals surface area contributed by atoms with Crippen LogP contribution < -0.4 is 5.32 Å². The SMILES string of the molecule is CC1CCCN(C(=O)c2cc(F)c(C3CCNCC3)cc2F)C1.Cl. The second-order valence-corrected chi connectivity index (χ2v) is 6.88. The van der Waals surface area contributed by atoms with E-state index in [4.69, 9.17) is 0 Å². The van der Waals surface area contributed by atoms with Crippen LogP contribution in [0.4, 0.5) is 8.78 Å². The van der Waals surface area contributed by atoms with Gasteiger partial charge in [-0.1, -0.05) is 6.92 Å². The third kappa shape index (κ3) is 4.06. The Hall–Kier alpha value is -1.20. The van der Waals surface area contributed by atoms with E-state index in [1.165, 1.54) is 6.07 Å². The van der Waals surface area contributed by atoms with Crippen LogP contribution >= 0.6 is 12.4 Å². The van der Waals surface area contributed by atoms with E-state index >= 15 is 0 Å². The van der Waals surface area contributed by atoms with E-state index in [0.29, 0.717) is 24.6 Å². The number of halogens is 3. The average Bonchev–Trinajstić information content (AvgIpc) is 2.57. The van der Waals surface area contributed by atoms with Gasteiger partial charge in [0, 0.05) is 13.1 Å². The molecule has 1 aromatic carbocycles. The van der Waals surface area contributed by atoms with Crippen molar-refractivity contribution in [2.75, 3.05) is 26.2 Å². The van der Waals surface area contributed by atoms with Gasteiger partial charge in [0.25, 0.3) is 5.91 Å². The molecule has 0 saturated carbocycles. The van der Waals surface area contributed by atoms with Crippen molar-refractivity contribution in [2.24, 2.45) is 5.92 Å². The molecule has 0 radical (unpaired) electrons. The first kappa shape index (κ1) is 19.1. The van der Waals surface area contributed by atoms with Crippen LogP contribution in [0, 0.1) is 17.6 Å². The van der Waals surface area contributed by atoms with Crippen LogP contribution in [-0.2, 0) is 0 Å². The molecule has 3 rings (SSSR count). The van der Waals surface area contributed by atoms with Crippen molar-refractivity contribution in [1.29, 1.82) is 0 Å². The highest BCUT2D eigenvalue weighted by atomic mass is 35.5. The van der Waals surface area contributed by atoms with Crippen molar-refractivity contribution < 1.29 is 13.6 Å². The Kier molecular flexibility index (Phi) is 6.58. The highest BCUT2D eigenvalue weighted by Crippen LogP contribution is 2.30. The highest BCUT2D eigenvalue weighted by Gasteiger charge is 2.27. The second-order valence-electron chi connectivity index (χ2n) is 6.88. The maximum atomic E-state index is 14.5. The number of piperidine rings is 2. The zero-order valence-electron chi connectivity index (χ0n) is 14.0. The van der Waals surface area contributed by atoms with Gasteiger partial charge in [-0.2, -0.15) is 0 Å². The van der Waals surface area contributed by atoms with Gasteiger partial charge in [0.15, 0.2) is 0 Å². The largest absolute Gasteiger partial charge is 0.338 e. The lowest BCUT2D eigenvalue weighted by Gasteiger charge is -2.31. The molecule has 24 heavy (non-hydrogen) atoms. The summed E-state index contributed by atoms with van der Waals surface area (Å²) in [7, 11) is 0. The number of nitrogens with zero attached hydrogens (tertiary/aromatic N) is 1. The van der Waals surface area contributed by atoms with Crippen molar-refractivity contribution in [3.8, 4) is 0 Å². The Morgan fingerprint density at radius 1 is 1.17 bits per heavy atom. The Bertz CT molecular complexity index is 591. The maximum absolute atomic E-state index is 14.5. The molecule has 3 nitrogen and oxygen atoms in total. The molecule has 2 aliphatic rings. The van der Waals surface area contributed by atoms with Gasteiger partial charge >= 0.3 is 0 Å². The summed E-state index contributed by atoms with van der Waals surface area (Å²) in [5.41, 5.74) is 0.279. The second kappa shape index (κ2) is 8.26. The Labute approximate surface area is 148 Å². The van der Waals surface area contributed by atoms with E-state index in [1.54, 1.807) is 4.90 Å². The Morgan fingerprint density at radius 2 is 1.88 bits per heavy atom. The summed E-state index contributed by atoms with van der Waals surface area (Å²) >= 11 is 0. The fourth-order valence-corrected chi connectivity index (χ4v) is 3.72. The molecule has 1 aromatic rings. The van der Waals surface area contributed by atoms with E-state index in [-0.39, 0.29) is 29.8 Å². The molecule has 2 heterocycles. The number of nitrogens with one attached hydrogen (secondary N) is 1. The molecule has 1 unspecified atom stereocenters. The van der Waals surface area contributed by atoms with E-state index in [2.05, 4.69) is 12.2 Å². The van der Waals surface area contributed by atoms with Gasteiger partial charge in [-0.05, 0) is 68.3 Å². The van der Waals surface area contributed by atoms with Gasteiger partial charge in [-0.25, -0.2) is 8.78 Å². The number of benzene rings is 1. The fraction of sp³-hybridized carbons (Fsp3) is 0.611. The first-order chi connectivity index (χ1) is 11.1. The first-order valence-corrected chi connectivity index (χ1v) is 8.55. The highest BCUT2D eigenvalue weighted by molar-refractivity contribution is 5.94. The zero-order chi connectivity index (χ0) is 16.4. The molecule has 0 aliphatic carbocycles. The lowest BCUT2D eigenvalue weighted by atomic mass is 9.89. The summed E-state index contributed by atoms with van der Waals surface area (Å²) in [6, 6.07) is 2.35. The molecule has 2 aliphatic heterocycles. The van der Waals surface area contributed by atoms with Crippen molar-refractivity contribution in [1.82, 2.24) is 10.2 Å². The average molecular weight is 359 g/mol. The summed E-state index contributed by atoms with van der Waals surface area (Å²) in [5.74, 6) is -0.987. The summed E-state index contributed by atoms with van der Waals surface area (Å²) in [6.45, 7) is 4.96. The van der Waals surface area contributed by atoms with Crippen molar-refractivity contribution >= 4 is 18.3 Å². The van der Waals surface area contributed by atoms with E-state index in [9.17, 15) is 13.6 Å². The zero-order valence-corrected chi connectivity index (χ0v) is 14.8. The molecule has 6 heteroatoms. The standard InChI is InChI=1S/C18H24F2N2O.ClH/c1-12-3-2-8-22(11-12)18(23)15-10-16(19)14(9-17(15)20)13-4-6-21-7-5-13;/h9-10,12-13,21H,2-8,11H2,1H3;1H. The molecular formula is C18H25ClF2N2O. The van der Waals surface area contributed by atoms with Crippen LogP contribution in [0.1, 0.15) is 54.4 Å². The molecule has 1 atom stereocenters. The number of hydrogen-bond acceptors (Lipinski definition) is 2. The van der Waals surface area contributed by atoms with Gasteiger partial charge in [0.05, 0.1) is 5.56 Å². The minimum atomic E-state index is -0.594. The number of rotatable bonds is 2. The van der Waals surface area contributed by atoms with Gasteiger partial charge in [-0.15, -0.1) is 12.4 Å². The lowest BCUT2D eigenvalue weighted by Crippen LogP contribution is -2.39. The molecule has 0 bridgehead atoms.